The highest BCUT2D eigenvalue weighted by Gasteiger charge is 2.10. The van der Waals surface area contributed by atoms with Crippen LogP contribution < -0.4 is 11.1 Å². The molecule has 0 spiro atoms. The summed E-state index contributed by atoms with van der Waals surface area (Å²) < 4.78 is 1.10. The average Bonchev–Trinajstić information content (AvgIpc) is 2.41. The maximum Gasteiger partial charge on any atom is 0.228 e. The van der Waals surface area contributed by atoms with Crippen LogP contribution in [0.15, 0.2) is 27.8 Å². The van der Waals surface area contributed by atoms with E-state index in [0.717, 1.165) is 10.2 Å². The Labute approximate surface area is 137 Å². The lowest BCUT2D eigenvalue weighted by Crippen LogP contribution is -2.12. The number of anilines is 2. The third-order valence-electron chi connectivity index (χ3n) is 2.93. The average molecular weight is 368 g/mol. The van der Waals surface area contributed by atoms with Gasteiger partial charge in [-0.2, -0.15) is 15.0 Å². The zero-order valence-electron chi connectivity index (χ0n) is 12.2. The fourth-order valence-electron chi connectivity index (χ4n) is 1.84. The molecule has 0 aliphatic rings. The van der Waals surface area contributed by atoms with E-state index in [4.69, 9.17) is 5.73 Å². The van der Waals surface area contributed by atoms with Gasteiger partial charge in [0, 0.05) is 4.47 Å². The van der Waals surface area contributed by atoms with Crippen LogP contribution in [0.1, 0.15) is 31.0 Å². The van der Waals surface area contributed by atoms with Crippen LogP contribution in [0, 0.1) is 6.92 Å². The van der Waals surface area contributed by atoms with E-state index in [9.17, 15) is 0 Å². The lowest BCUT2D eigenvalue weighted by molar-refractivity contribution is 0.829. The molecule has 2 rings (SSSR count). The molecule has 1 unspecified atom stereocenters. The fraction of sp³-hybridized carbons (Fsp3) is 0.357. The van der Waals surface area contributed by atoms with Gasteiger partial charge in [-0.15, -0.1) is 0 Å². The Hall–Kier alpha value is -1.34. The zero-order chi connectivity index (χ0) is 15.4. The lowest BCUT2D eigenvalue weighted by atomic mass is 10.1. The number of halogens is 1. The molecule has 5 nitrogen and oxygen atoms in total. The molecule has 0 aliphatic carbocycles. The number of benzene rings is 1. The summed E-state index contributed by atoms with van der Waals surface area (Å²) in [4.78, 5) is 12.6. The molecule has 0 aliphatic heterocycles. The van der Waals surface area contributed by atoms with Crippen molar-refractivity contribution in [3.63, 3.8) is 0 Å². The Kier molecular flexibility index (Phi) is 5.41. The number of rotatable bonds is 5. The molecular formula is C14H18BrN5S. The molecule has 0 fully saturated rings. The molecule has 0 saturated carbocycles. The minimum Gasteiger partial charge on any atom is -0.368 e. The predicted octanol–water partition coefficient (Wildman–Crippen LogP) is 3.81. The molecule has 2 aromatic rings. The maximum absolute atomic E-state index is 5.73. The highest BCUT2D eigenvalue weighted by atomic mass is 79.9. The van der Waals surface area contributed by atoms with Gasteiger partial charge in [0.05, 0.1) is 6.04 Å². The first kappa shape index (κ1) is 16.0. The quantitative estimate of drug-likeness (QED) is 0.782. The van der Waals surface area contributed by atoms with Gasteiger partial charge in [0.15, 0.2) is 5.16 Å². The number of hydrogen-bond acceptors (Lipinski definition) is 6. The number of aromatic nitrogens is 3. The van der Waals surface area contributed by atoms with Crippen molar-refractivity contribution in [2.24, 2.45) is 0 Å². The summed E-state index contributed by atoms with van der Waals surface area (Å²) >= 11 is 5.05. The van der Waals surface area contributed by atoms with E-state index in [1.165, 1.54) is 11.1 Å². The largest absolute Gasteiger partial charge is 0.368 e. The van der Waals surface area contributed by atoms with E-state index >= 15 is 0 Å². The van der Waals surface area contributed by atoms with Crippen molar-refractivity contribution < 1.29 is 0 Å². The van der Waals surface area contributed by atoms with Crippen molar-refractivity contribution in [3.05, 3.63) is 33.8 Å². The lowest BCUT2D eigenvalue weighted by Gasteiger charge is -2.15. The van der Waals surface area contributed by atoms with E-state index in [-0.39, 0.29) is 12.0 Å². The number of nitrogens with two attached hydrogens (primary N) is 1. The van der Waals surface area contributed by atoms with Crippen LogP contribution >= 0.6 is 27.7 Å². The van der Waals surface area contributed by atoms with Crippen LogP contribution in [0.5, 0.6) is 0 Å². The summed E-state index contributed by atoms with van der Waals surface area (Å²) in [5.41, 5.74) is 8.09. The van der Waals surface area contributed by atoms with Crippen LogP contribution in [0.4, 0.5) is 11.9 Å². The normalized spacial score (nSPS) is 12.2. The van der Waals surface area contributed by atoms with Gasteiger partial charge in [-0.25, -0.2) is 0 Å². The van der Waals surface area contributed by atoms with Crippen LogP contribution in [0.3, 0.4) is 0 Å². The third kappa shape index (κ3) is 4.31. The molecular weight excluding hydrogens is 350 g/mol. The van der Waals surface area contributed by atoms with E-state index in [2.05, 4.69) is 62.2 Å². The number of aryl methyl sites for hydroxylation is 1. The third-order valence-corrected chi connectivity index (χ3v) is 4.55. The molecule has 1 aromatic heterocycles. The Bertz CT molecular complexity index is 635. The van der Waals surface area contributed by atoms with E-state index in [1.807, 2.05) is 13.0 Å². The summed E-state index contributed by atoms with van der Waals surface area (Å²) in [6.45, 7) is 6.18. The van der Waals surface area contributed by atoms with Crippen molar-refractivity contribution in [2.75, 3.05) is 16.8 Å². The summed E-state index contributed by atoms with van der Waals surface area (Å²) in [6, 6.07) is 6.33. The standard InChI is InChI=1S/C14H18BrN5S/c1-4-21-14-19-12(16)18-13(20-14)17-9(3)10-5-6-11(15)8(2)7-10/h5-7,9H,4H2,1-3H3,(H3,16,17,18,19,20). The van der Waals surface area contributed by atoms with Crippen LogP contribution in [-0.4, -0.2) is 20.7 Å². The highest BCUT2D eigenvalue weighted by Crippen LogP contribution is 2.23. The summed E-state index contributed by atoms with van der Waals surface area (Å²) in [6.07, 6.45) is 0. The predicted molar refractivity (Wildman–Crippen MR) is 91.6 cm³/mol. The van der Waals surface area contributed by atoms with E-state index in [0.29, 0.717) is 11.1 Å². The van der Waals surface area contributed by atoms with Crippen molar-refractivity contribution in [1.82, 2.24) is 15.0 Å². The molecule has 3 N–H and O–H groups in total. The van der Waals surface area contributed by atoms with Crippen LogP contribution in [0.2, 0.25) is 0 Å². The topological polar surface area (TPSA) is 76.7 Å². The van der Waals surface area contributed by atoms with Gasteiger partial charge in [0.25, 0.3) is 0 Å². The smallest absolute Gasteiger partial charge is 0.228 e. The Morgan fingerprint density at radius 1 is 1.33 bits per heavy atom. The van der Waals surface area contributed by atoms with Gasteiger partial charge in [-0.3, -0.25) is 0 Å². The molecule has 0 bridgehead atoms. The first-order chi connectivity index (χ1) is 9.99. The van der Waals surface area contributed by atoms with Crippen molar-refractivity contribution in [2.45, 2.75) is 32.0 Å². The zero-order valence-corrected chi connectivity index (χ0v) is 14.6. The number of hydrogen-bond donors (Lipinski definition) is 2. The van der Waals surface area contributed by atoms with E-state index < -0.39 is 0 Å². The maximum atomic E-state index is 5.73. The van der Waals surface area contributed by atoms with Gasteiger partial charge in [0.1, 0.15) is 0 Å². The van der Waals surface area contributed by atoms with Gasteiger partial charge >= 0.3 is 0 Å². The Morgan fingerprint density at radius 3 is 2.76 bits per heavy atom. The van der Waals surface area contributed by atoms with Gasteiger partial charge < -0.3 is 11.1 Å². The van der Waals surface area contributed by atoms with Crippen LogP contribution in [-0.2, 0) is 0 Å². The van der Waals surface area contributed by atoms with Gasteiger partial charge in [0.2, 0.25) is 11.9 Å². The van der Waals surface area contributed by atoms with E-state index in [1.54, 1.807) is 11.8 Å². The summed E-state index contributed by atoms with van der Waals surface area (Å²) in [7, 11) is 0. The fourth-order valence-corrected chi connectivity index (χ4v) is 2.66. The number of nitrogens with one attached hydrogen (secondary N) is 1. The van der Waals surface area contributed by atoms with Gasteiger partial charge in [-0.05, 0) is 36.8 Å². The van der Waals surface area contributed by atoms with Crippen LogP contribution in [0.25, 0.3) is 0 Å². The van der Waals surface area contributed by atoms with Crippen molar-refractivity contribution >= 4 is 39.6 Å². The van der Waals surface area contributed by atoms with Crippen molar-refractivity contribution in [3.8, 4) is 0 Å². The molecule has 7 heteroatoms. The molecule has 1 aromatic carbocycles. The minimum atomic E-state index is 0.0816. The minimum absolute atomic E-state index is 0.0816. The first-order valence-corrected chi connectivity index (χ1v) is 8.44. The summed E-state index contributed by atoms with van der Waals surface area (Å²) in [5, 5.41) is 3.92. The monoisotopic (exact) mass is 367 g/mol. The van der Waals surface area contributed by atoms with Crippen molar-refractivity contribution in [1.29, 1.82) is 0 Å². The SMILES string of the molecule is CCSc1nc(N)nc(NC(C)c2ccc(Br)c(C)c2)n1. The Balaban J connectivity index is 2.18. The second-order valence-corrected chi connectivity index (χ2v) is 6.69. The molecule has 112 valence electrons. The molecule has 1 atom stereocenters. The molecule has 0 amide bonds. The first-order valence-electron chi connectivity index (χ1n) is 6.66. The van der Waals surface area contributed by atoms with Gasteiger partial charge in [-0.1, -0.05) is 46.7 Å². The second kappa shape index (κ2) is 7.09. The second-order valence-electron chi connectivity index (χ2n) is 4.61. The highest BCUT2D eigenvalue weighted by molar-refractivity contribution is 9.10. The Morgan fingerprint density at radius 2 is 2.10 bits per heavy atom. The molecule has 0 radical (unpaired) electrons. The number of thioether (sulfide) groups is 1. The summed E-state index contributed by atoms with van der Waals surface area (Å²) in [5.74, 6) is 1.64. The number of nitrogens with zero attached hydrogens (tertiary/aromatic N) is 3. The molecule has 0 saturated heterocycles. The molecule has 21 heavy (non-hydrogen) atoms. The number of nitrogen functional groups attached to an aromatic ring is 1. The molecule has 1 heterocycles.